The molecule has 0 bridgehead atoms. The SMILES string of the molecule is C=CCOc1ccc2ccccc2c1-c1c(OCC(=O)C[C@H](CCC[NH3+])C(=O)Nc2cccc(C(=O)COCc3ccccc3)c2)ccc2ccccc12. The first-order valence-electron chi connectivity index (χ1n) is 18.2. The number of anilines is 1. The summed E-state index contributed by atoms with van der Waals surface area (Å²) in [5, 5.41) is 6.93. The van der Waals surface area contributed by atoms with Crippen molar-refractivity contribution in [3.63, 3.8) is 0 Å². The fraction of sp³-hybridized carbons (Fsp3) is 0.196. The van der Waals surface area contributed by atoms with E-state index in [0.29, 0.717) is 55.4 Å². The van der Waals surface area contributed by atoms with Crippen molar-refractivity contribution in [1.82, 2.24) is 0 Å². The third-order valence-electron chi connectivity index (χ3n) is 9.22. The Morgan fingerprint density at radius 2 is 1.37 bits per heavy atom. The topological polar surface area (TPSA) is 119 Å². The second-order valence-corrected chi connectivity index (χ2v) is 13.1. The van der Waals surface area contributed by atoms with Crippen molar-refractivity contribution >= 4 is 44.7 Å². The number of hydrogen-bond acceptors (Lipinski definition) is 6. The molecule has 0 fully saturated rings. The van der Waals surface area contributed by atoms with Gasteiger partial charge in [-0.3, -0.25) is 14.4 Å². The fourth-order valence-corrected chi connectivity index (χ4v) is 6.55. The summed E-state index contributed by atoms with van der Waals surface area (Å²) in [6.45, 7) is 4.79. The number of fused-ring (bicyclic) bond motifs is 2. The second-order valence-electron chi connectivity index (χ2n) is 13.1. The second kappa shape index (κ2) is 18.6. The molecule has 0 aliphatic rings. The Bertz CT molecular complexity index is 2250. The molecule has 0 heterocycles. The molecule has 0 saturated heterocycles. The third-order valence-corrected chi connectivity index (χ3v) is 9.22. The lowest BCUT2D eigenvalue weighted by molar-refractivity contribution is -0.368. The highest BCUT2D eigenvalue weighted by molar-refractivity contribution is 6.10. The molecule has 8 nitrogen and oxygen atoms in total. The highest BCUT2D eigenvalue weighted by Crippen LogP contribution is 2.45. The number of Topliss-reactive ketones (excluding diaryl/α,β-unsaturated/α-hetero) is 2. The van der Waals surface area contributed by atoms with E-state index in [4.69, 9.17) is 14.2 Å². The van der Waals surface area contributed by atoms with Crippen LogP contribution in [-0.2, 0) is 20.9 Å². The summed E-state index contributed by atoms with van der Waals surface area (Å²) in [5.41, 5.74) is 7.50. The molecule has 1 amide bonds. The quantitative estimate of drug-likeness (QED) is 0.0643. The van der Waals surface area contributed by atoms with Crippen LogP contribution >= 0.6 is 0 Å². The van der Waals surface area contributed by atoms with Gasteiger partial charge in [-0.05, 0) is 64.2 Å². The van der Waals surface area contributed by atoms with Crippen molar-refractivity contribution in [2.45, 2.75) is 25.9 Å². The largest absolute Gasteiger partial charge is 0.489 e. The Morgan fingerprint density at radius 1 is 0.722 bits per heavy atom. The van der Waals surface area contributed by atoms with Crippen LogP contribution < -0.4 is 20.5 Å². The molecular formula is C46H45N2O6+. The smallest absolute Gasteiger partial charge is 0.227 e. The van der Waals surface area contributed by atoms with E-state index in [0.717, 1.165) is 38.2 Å². The highest BCUT2D eigenvalue weighted by atomic mass is 16.5. The molecule has 0 aliphatic heterocycles. The zero-order valence-electron chi connectivity index (χ0n) is 30.3. The van der Waals surface area contributed by atoms with Gasteiger partial charge in [-0.2, -0.15) is 0 Å². The number of carbonyl (C=O) groups is 3. The van der Waals surface area contributed by atoms with Crippen LogP contribution in [0.4, 0.5) is 5.69 Å². The van der Waals surface area contributed by atoms with E-state index in [9.17, 15) is 14.4 Å². The number of carbonyl (C=O) groups excluding carboxylic acids is 3. The van der Waals surface area contributed by atoms with Crippen molar-refractivity contribution < 1.29 is 34.3 Å². The van der Waals surface area contributed by atoms with Crippen LogP contribution in [0.25, 0.3) is 32.7 Å². The number of quaternary nitrogens is 1. The minimum atomic E-state index is -0.607. The van der Waals surface area contributed by atoms with Gasteiger partial charge < -0.3 is 25.3 Å². The van der Waals surface area contributed by atoms with E-state index in [2.05, 4.69) is 29.8 Å². The molecule has 1 atom stereocenters. The van der Waals surface area contributed by atoms with Gasteiger partial charge in [0.2, 0.25) is 5.91 Å². The maximum atomic E-state index is 13.6. The summed E-state index contributed by atoms with van der Waals surface area (Å²) in [6.07, 6.45) is 2.85. The van der Waals surface area contributed by atoms with Gasteiger partial charge in [0.25, 0.3) is 0 Å². The molecule has 0 spiro atoms. The highest BCUT2D eigenvalue weighted by Gasteiger charge is 2.24. The van der Waals surface area contributed by atoms with Crippen molar-refractivity contribution in [1.29, 1.82) is 0 Å². The molecule has 6 rings (SSSR count). The van der Waals surface area contributed by atoms with Gasteiger partial charge >= 0.3 is 0 Å². The number of ketones is 2. The predicted molar refractivity (Wildman–Crippen MR) is 214 cm³/mol. The molecule has 54 heavy (non-hydrogen) atoms. The molecule has 6 aromatic rings. The first-order chi connectivity index (χ1) is 26.4. The van der Waals surface area contributed by atoms with E-state index in [1.807, 2.05) is 91.0 Å². The van der Waals surface area contributed by atoms with E-state index in [1.54, 1.807) is 30.3 Å². The minimum absolute atomic E-state index is 0.0113. The van der Waals surface area contributed by atoms with Crippen LogP contribution in [0.1, 0.15) is 35.2 Å². The van der Waals surface area contributed by atoms with Gasteiger partial charge in [0.05, 0.1) is 13.2 Å². The number of ether oxygens (including phenoxy) is 3. The Morgan fingerprint density at radius 3 is 2.04 bits per heavy atom. The van der Waals surface area contributed by atoms with Crippen LogP contribution in [-0.4, -0.2) is 43.8 Å². The standard InChI is InChI=1S/C46H44N2O6/c1-2-26-53-42-23-21-33-14-6-8-19-39(33)44(42)45-40-20-9-7-15-34(40)22-24-43(45)54-30-38(49)28-36(17-11-25-47)46(51)48-37-18-10-16-35(27-37)41(50)31-52-29-32-12-4-3-5-13-32/h2-10,12-16,18-24,27,36H,1,11,17,25-26,28-31,47H2,(H,48,51)/p+1/t36-/m0/s1. The Kier molecular flexibility index (Phi) is 13.0. The van der Waals surface area contributed by atoms with Crippen LogP contribution in [0.2, 0.25) is 0 Å². The molecule has 8 heteroatoms. The van der Waals surface area contributed by atoms with Crippen molar-refractivity contribution in [2.24, 2.45) is 5.92 Å². The number of benzene rings is 6. The fourth-order valence-electron chi connectivity index (χ4n) is 6.55. The van der Waals surface area contributed by atoms with Gasteiger partial charge in [-0.25, -0.2) is 0 Å². The zero-order valence-corrected chi connectivity index (χ0v) is 30.3. The maximum Gasteiger partial charge on any atom is 0.227 e. The van der Waals surface area contributed by atoms with E-state index >= 15 is 0 Å². The summed E-state index contributed by atoms with van der Waals surface area (Å²) in [4.78, 5) is 40.1. The molecule has 4 N–H and O–H groups in total. The average molecular weight is 722 g/mol. The maximum absolute atomic E-state index is 13.6. The predicted octanol–water partition coefficient (Wildman–Crippen LogP) is 8.24. The summed E-state index contributed by atoms with van der Waals surface area (Å²) >= 11 is 0. The lowest BCUT2D eigenvalue weighted by Crippen LogP contribution is -2.50. The van der Waals surface area contributed by atoms with Crippen LogP contribution in [0.15, 0.2) is 140 Å². The van der Waals surface area contributed by atoms with E-state index < -0.39 is 5.92 Å². The van der Waals surface area contributed by atoms with Gasteiger partial charge in [-0.1, -0.05) is 116 Å². The van der Waals surface area contributed by atoms with Crippen molar-refractivity contribution in [2.75, 3.05) is 31.7 Å². The molecule has 0 aromatic heterocycles. The third kappa shape index (κ3) is 9.46. The summed E-state index contributed by atoms with van der Waals surface area (Å²) in [6, 6.07) is 40.4. The summed E-state index contributed by atoms with van der Waals surface area (Å²) in [7, 11) is 0. The molecule has 6 aromatic carbocycles. The van der Waals surface area contributed by atoms with Gasteiger partial charge in [0.15, 0.2) is 11.6 Å². The summed E-state index contributed by atoms with van der Waals surface area (Å²) < 4.78 is 18.2. The number of rotatable bonds is 19. The van der Waals surface area contributed by atoms with Crippen LogP contribution in [0, 0.1) is 5.92 Å². The Hall–Kier alpha value is -6.09. The lowest BCUT2D eigenvalue weighted by Gasteiger charge is -2.20. The molecule has 0 saturated carbocycles. The molecule has 0 aliphatic carbocycles. The minimum Gasteiger partial charge on any atom is -0.489 e. The van der Waals surface area contributed by atoms with Crippen LogP contribution in [0.3, 0.4) is 0 Å². The molecule has 0 unspecified atom stereocenters. The first-order valence-corrected chi connectivity index (χ1v) is 18.2. The normalized spacial score (nSPS) is 11.6. The van der Waals surface area contributed by atoms with Gasteiger partial charge in [-0.15, -0.1) is 0 Å². The van der Waals surface area contributed by atoms with Crippen molar-refractivity contribution in [3.8, 4) is 22.6 Å². The zero-order chi connectivity index (χ0) is 37.7. The van der Waals surface area contributed by atoms with Crippen molar-refractivity contribution in [3.05, 3.63) is 151 Å². The average Bonchev–Trinajstić information content (AvgIpc) is 3.20. The molecule has 274 valence electrons. The van der Waals surface area contributed by atoms with Gasteiger partial charge in [0.1, 0.15) is 31.3 Å². The Labute approximate surface area is 315 Å². The first kappa shape index (κ1) is 37.7. The van der Waals surface area contributed by atoms with Gasteiger partial charge in [0, 0.05) is 34.7 Å². The molecule has 0 radical (unpaired) electrons. The van der Waals surface area contributed by atoms with E-state index in [1.165, 1.54) is 0 Å². The lowest BCUT2D eigenvalue weighted by atomic mass is 9.92. The summed E-state index contributed by atoms with van der Waals surface area (Å²) in [5.74, 6) is -0.0958. The number of hydrogen-bond donors (Lipinski definition) is 2. The number of nitrogens with one attached hydrogen (secondary N) is 1. The molecular weight excluding hydrogens is 677 g/mol. The monoisotopic (exact) mass is 721 g/mol. The Balaban J connectivity index is 1.17. The van der Waals surface area contributed by atoms with Crippen LogP contribution in [0.5, 0.6) is 11.5 Å². The van der Waals surface area contributed by atoms with E-state index in [-0.39, 0.29) is 37.1 Å². The number of amides is 1.